The Labute approximate surface area is 108 Å². The van der Waals surface area contributed by atoms with Crippen molar-refractivity contribution in [2.24, 2.45) is 0 Å². The Hall–Kier alpha value is -1.18. The number of hydrogen-bond donors (Lipinski definition) is 2. The van der Waals surface area contributed by atoms with Gasteiger partial charge in [-0.2, -0.15) is 0 Å². The monoisotopic (exact) mass is 273 g/mol. The molecule has 0 radical (unpaired) electrons. The first kappa shape index (κ1) is 14.9. The number of anilines is 1. The minimum Gasteiger partial charge on any atom is -0.383 e. The number of rotatable bonds is 7. The summed E-state index contributed by atoms with van der Waals surface area (Å²) < 4.78 is 31.8. The molecule has 1 aromatic rings. The van der Waals surface area contributed by atoms with Crippen molar-refractivity contribution in [2.75, 3.05) is 26.1 Å². The summed E-state index contributed by atoms with van der Waals surface area (Å²) in [5.41, 5.74) is 0. The van der Waals surface area contributed by atoms with Crippen LogP contribution < -0.4 is 10.0 Å². The second-order valence-electron chi connectivity index (χ2n) is 3.81. The summed E-state index contributed by atoms with van der Waals surface area (Å²) in [7, 11) is -0.306. The van der Waals surface area contributed by atoms with Gasteiger partial charge in [-0.15, -0.1) is 0 Å². The van der Waals surface area contributed by atoms with Gasteiger partial charge in [0.2, 0.25) is 10.0 Å². The van der Waals surface area contributed by atoms with Crippen molar-refractivity contribution in [3.05, 3.63) is 18.3 Å². The van der Waals surface area contributed by atoms with E-state index in [4.69, 9.17) is 4.74 Å². The van der Waals surface area contributed by atoms with E-state index >= 15 is 0 Å². The predicted molar refractivity (Wildman–Crippen MR) is 70.1 cm³/mol. The molecule has 7 heteroatoms. The molecule has 0 aliphatic heterocycles. The zero-order valence-corrected chi connectivity index (χ0v) is 11.6. The number of aromatic nitrogens is 1. The normalized spacial score (nSPS) is 13.3. The molecule has 1 aromatic heterocycles. The van der Waals surface area contributed by atoms with E-state index in [1.165, 1.54) is 18.3 Å². The molecular weight excluding hydrogens is 254 g/mol. The Morgan fingerprint density at radius 3 is 2.78 bits per heavy atom. The molecule has 6 nitrogen and oxygen atoms in total. The third kappa shape index (κ3) is 3.94. The second-order valence-corrected chi connectivity index (χ2v) is 5.52. The van der Waals surface area contributed by atoms with E-state index in [1.807, 2.05) is 6.92 Å². The highest BCUT2D eigenvalue weighted by Gasteiger charge is 2.19. The first-order valence-electron chi connectivity index (χ1n) is 5.68. The van der Waals surface area contributed by atoms with Gasteiger partial charge in [0.1, 0.15) is 5.82 Å². The van der Waals surface area contributed by atoms with Crippen LogP contribution in [0.4, 0.5) is 5.82 Å². The molecule has 0 bridgehead atoms. The van der Waals surface area contributed by atoms with Crippen molar-refractivity contribution in [1.29, 1.82) is 0 Å². The lowest BCUT2D eigenvalue weighted by atomic mass is 10.3. The maximum absolute atomic E-state index is 12.1. The molecule has 0 aliphatic rings. The molecule has 2 N–H and O–H groups in total. The predicted octanol–water partition coefficient (Wildman–Crippen LogP) is 0.827. The number of nitrogens with one attached hydrogen (secondary N) is 2. The van der Waals surface area contributed by atoms with E-state index in [-0.39, 0.29) is 10.9 Å². The van der Waals surface area contributed by atoms with Crippen molar-refractivity contribution in [1.82, 2.24) is 9.71 Å². The summed E-state index contributed by atoms with van der Waals surface area (Å²) in [5.74, 6) is 0.512. The SMILES string of the molecule is CCC(COC)NS(=O)(=O)c1ccnc(NC)c1. The molecule has 1 heterocycles. The van der Waals surface area contributed by atoms with Crippen molar-refractivity contribution in [3.63, 3.8) is 0 Å². The summed E-state index contributed by atoms with van der Waals surface area (Å²) in [4.78, 5) is 4.17. The van der Waals surface area contributed by atoms with Crippen molar-refractivity contribution >= 4 is 15.8 Å². The third-order valence-corrected chi connectivity index (χ3v) is 4.00. The van der Waals surface area contributed by atoms with Gasteiger partial charge in [-0.1, -0.05) is 6.92 Å². The molecule has 1 atom stereocenters. The van der Waals surface area contributed by atoms with Gasteiger partial charge in [0.15, 0.2) is 0 Å². The molecule has 0 saturated heterocycles. The number of hydrogen-bond acceptors (Lipinski definition) is 5. The number of pyridine rings is 1. The summed E-state index contributed by atoms with van der Waals surface area (Å²) in [6.45, 7) is 2.25. The average molecular weight is 273 g/mol. The summed E-state index contributed by atoms with van der Waals surface area (Å²) in [6.07, 6.45) is 2.12. The van der Waals surface area contributed by atoms with Gasteiger partial charge in [-0.25, -0.2) is 18.1 Å². The molecule has 0 saturated carbocycles. The van der Waals surface area contributed by atoms with Crippen LogP contribution in [0.5, 0.6) is 0 Å². The minimum absolute atomic E-state index is 0.191. The van der Waals surface area contributed by atoms with Crippen LogP contribution in [0.3, 0.4) is 0 Å². The maximum atomic E-state index is 12.1. The molecule has 18 heavy (non-hydrogen) atoms. The Morgan fingerprint density at radius 1 is 1.50 bits per heavy atom. The number of methoxy groups -OCH3 is 1. The van der Waals surface area contributed by atoms with Crippen LogP contribution in [0, 0.1) is 0 Å². The minimum atomic E-state index is -3.54. The fraction of sp³-hybridized carbons (Fsp3) is 0.545. The Morgan fingerprint density at radius 2 is 2.22 bits per heavy atom. The van der Waals surface area contributed by atoms with Gasteiger partial charge in [0.25, 0.3) is 0 Å². The number of ether oxygens (including phenoxy) is 1. The van der Waals surface area contributed by atoms with Crippen LogP contribution in [0.15, 0.2) is 23.2 Å². The molecular formula is C11H19N3O3S. The van der Waals surface area contributed by atoms with Gasteiger partial charge < -0.3 is 10.1 Å². The molecule has 1 unspecified atom stereocenters. The lowest BCUT2D eigenvalue weighted by Gasteiger charge is -2.16. The standard InChI is InChI=1S/C11H19N3O3S/c1-4-9(8-17-3)14-18(15,16)10-5-6-13-11(7-10)12-2/h5-7,9,14H,4,8H2,1-3H3,(H,12,13). The van der Waals surface area contributed by atoms with E-state index in [2.05, 4.69) is 15.0 Å². The summed E-state index contributed by atoms with van der Waals surface area (Å²) >= 11 is 0. The first-order chi connectivity index (χ1) is 8.53. The highest BCUT2D eigenvalue weighted by molar-refractivity contribution is 7.89. The molecule has 0 spiro atoms. The van der Waals surface area contributed by atoms with E-state index < -0.39 is 10.0 Å². The lowest BCUT2D eigenvalue weighted by Crippen LogP contribution is -2.37. The first-order valence-corrected chi connectivity index (χ1v) is 7.17. The van der Waals surface area contributed by atoms with Crippen LogP contribution in [-0.2, 0) is 14.8 Å². The van der Waals surface area contributed by atoms with E-state index in [1.54, 1.807) is 14.2 Å². The Balaban J connectivity index is 2.91. The second kappa shape index (κ2) is 6.67. The fourth-order valence-corrected chi connectivity index (χ4v) is 2.76. The average Bonchev–Trinajstić information content (AvgIpc) is 2.38. The van der Waals surface area contributed by atoms with Crippen LogP contribution >= 0.6 is 0 Å². The smallest absolute Gasteiger partial charge is 0.241 e. The van der Waals surface area contributed by atoms with Gasteiger partial charge in [0, 0.05) is 32.5 Å². The van der Waals surface area contributed by atoms with Crippen LogP contribution in [0.2, 0.25) is 0 Å². The zero-order chi connectivity index (χ0) is 13.6. The number of nitrogens with zero attached hydrogens (tertiary/aromatic N) is 1. The van der Waals surface area contributed by atoms with E-state index in [0.29, 0.717) is 18.8 Å². The maximum Gasteiger partial charge on any atom is 0.241 e. The molecule has 0 aliphatic carbocycles. The van der Waals surface area contributed by atoms with E-state index in [0.717, 1.165) is 0 Å². The highest BCUT2D eigenvalue weighted by atomic mass is 32.2. The van der Waals surface area contributed by atoms with Crippen molar-refractivity contribution < 1.29 is 13.2 Å². The molecule has 1 rings (SSSR count). The highest BCUT2D eigenvalue weighted by Crippen LogP contribution is 2.13. The molecule has 0 aromatic carbocycles. The van der Waals surface area contributed by atoms with E-state index in [9.17, 15) is 8.42 Å². The third-order valence-electron chi connectivity index (χ3n) is 2.48. The Kier molecular flexibility index (Phi) is 5.52. The van der Waals surface area contributed by atoms with Gasteiger partial charge >= 0.3 is 0 Å². The summed E-state index contributed by atoms with van der Waals surface area (Å²) in [6, 6.07) is 2.72. The largest absolute Gasteiger partial charge is 0.383 e. The fourth-order valence-electron chi connectivity index (χ4n) is 1.44. The van der Waals surface area contributed by atoms with Gasteiger partial charge in [-0.3, -0.25) is 0 Å². The summed E-state index contributed by atoms with van der Waals surface area (Å²) in [5, 5.41) is 2.80. The molecule has 102 valence electrons. The number of sulfonamides is 1. The Bertz CT molecular complexity index is 476. The quantitative estimate of drug-likeness (QED) is 0.769. The molecule has 0 amide bonds. The van der Waals surface area contributed by atoms with Crippen molar-refractivity contribution in [2.45, 2.75) is 24.3 Å². The van der Waals surface area contributed by atoms with Crippen LogP contribution in [-0.4, -0.2) is 40.2 Å². The van der Waals surface area contributed by atoms with Gasteiger partial charge in [-0.05, 0) is 12.5 Å². The van der Waals surface area contributed by atoms with Crippen molar-refractivity contribution in [3.8, 4) is 0 Å². The van der Waals surface area contributed by atoms with Gasteiger partial charge in [0.05, 0.1) is 11.5 Å². The topological polar surface area (TPSA) is 80.3 Å². The molecule has 0 fully saturated rings. The van der Waals surface area contributed by atoms with Crippen LogP contribution in [0.1, 0.15) is 13.3 Å². The van der Waals surface area contributed by atoms with Crippen LogP contribution in [0.25, 0.3) is 0 Å². The lowest BCUT2D eigenvalue weighted by molar-refractivity contribution is 0.173. The zero-order valence-electron chi connectivity index (χ0n) is 10.8.